The first-order chi connectivity index (χ1) is 8.65. The van der Waals surface area contributed by atoms with Gasteiger partial charge in [-0.1, -0.05) is 42.0 Å². The zero-order valence-electron chi connectivity index (χ0n) is 10.7. The Morgan fingerprint density at radius 2 is 1.78 bits per heavy atom. The van der Waals surface area contributed by atoms with Crippen molar-refractivity contribution in [3.8, 4) is 0 Å². The summed E-state index contributed by atoms with van der Waals surface area (Å²) in [6.07, 6.45) is 0.418. The van der Waals surface area contributed by atoms with E-state index >= 15 is 0 Å². The lowest BCUT2D eigenvalue weighted by Gasteiger charge is -2.08. The highest BCUT2D eigenvalue weighted by Crippen LogP contribution is 2.12. The Morgan fingerprint density at radius 3 is 2.44 bits per heavy atom. The van der Waals surface area contributed by atoms with Crippen LogP contribution in [0.3, 0.4) is 0 Å². The standard InChI is InChI=1S/C16H17NO/c1-12-8-9-14(13(2)10-12)11-16(18)17-15-6-4-3-5-7-15/h3-10H,11H2,1-2H3,(H,17,18). The quantitative estimate of drug-likeness (QED) is 0.872. The maximum Gasteiger partial charge on any atom is 0.228 e. The Balaban J connectivity index is 2.03. The minimum atomic E-state index is 0.0214. The minimum absolute atomic E-state index is 0.0214. The van der Waals surface area contributed by atoms with Crippen molar-refractivity contribution in [3.05, 3.63) is 65.2 Å². The first-order valence-corrected chi connectivity index (χ1v) is 6.06. The third-order valence-electron chi connectivity index (χ3n) is 2.91. The topological polar surface area (TPSA) is 29.1 Å². The third-order valence-corrected chi connectivity index (χ3v) is 2.91. The highest BCUT2D eigenvalue weighted by atomic mass is 16.1. The molecule has 2 aromatic rings. The zero-order chi connectivity index (χ0) is 13.0. The van der Waals surface area contributed by atoms with Gasteiger partial charge in [0.1, 0.15) is 0 Å². The fourth-order valence-corrected chi connectivity index (χ4v) is 1.94. The molecule has 0 aliphatic carbocycles. The molecule has 0 unspecified atom stereocenters. The smallest absolute Gasteiger partial charge is 0.228 e. The Labute approximate surface area is 108 Å². The number of carbonyl (C=O) groups excluding carboxylic acids is 1. The van der Waals surface area contributed by atoms with E-state index in [0.717, 1.165) is 11.3 Å². The Kier molecular flexibility index (Phi) is 3.78. The minimum Gasteiger partial charge on any atom is -0.326 e. The molecule has 0 fully saturated rings. The Bertz CT molecular complexity index is 546. The number of nitrogens with one attached hydrogen (secondary N) is 1. The van der Waals surface area contributed by atoms with Gasteiger partial charge in [0.25, 0.3) is 0 Å². The average Bonchev–Trinajstić information content (AvgIpc) is 2.34. The number of amides is 1. The lowest BCUT2D eigenvalue weighted by atomic mass is 10.0. The molecule has 92 valence electrons. The van der Waals surface area contributed by atoms with E-state index in [9.17, 15) is 4.79 Å². The van der Waals surface area contributed by atoms with Crippen LogP contribution >= 0.6 is 0 Å². The molecule has 0 spiro atoms. The molecule has 0 heterocycles. The van der Waals surface area contributed by atoms with Gasteiger partial charge in [0, 0.05) is 5.69 Å². The van der Waals surface area contributed by atoms with E-state index in [1.165, 1.54) is 11.1 Å². The van der Waals surface area contributed by atoms with Crippen LogP contribution in [-0.4, -0.2) is 5.91 Å². The van der Waals surface area contributed by atoms with Crippen LogP contribution in [0.25, 0.3) is 0 Å². The van der Waals surface area contributed by atoms with E-state index in [1.807, 2.05) is 49.4 Å². The second-order valence-electron chi connectivity index (χ2n) is 4.52. The number of aryl methyl sites for hydroxylation is 2. The number of hydrogen-bond donors (Lipinski definition) is 1. The molecule has 0 bridgehead atoms. The molecular formula is C16H17NO. The van der Waals surface area contributed by atoms with Gasteiger partial charge in [-0.2, -0.15) is 0 Å². The fraction of sp³-hybridized carbons (Fsp3) is 0.188. The van der Waals surface area contributed by atoms with Gasteiger partial charge in [0.15, 0.2) is 0 Å². The predicted molar refractivity (Wildman–Crippen MR) is 74.7 cm³/mol. The summed E-state index contributed by atoms with van der Waals surface area (Å²) in [6, 6.07) is 15.7. The number of anilines is 1. The van der Waals surface area contributed by atoms with Crippen LogP contribution in [0.5, 0.6) is 0 Å². The monoisotopic (exact) mass is 239 g/mol. The molecule has 1 N–H and O–H groups in total. The summed E-state index contributed by atoms with van der Waals surface area (Å²) in [5.41, 5.74) is 4.30. The van der Waals surface area contributed by atoms with E-state index in [-0.39, 0.29) is 5.91 Å². The normalized spacial score (nSPS) is 10.1. The highest BCUT2D eigenvalue weighted by molar-refractivity contribution is 5.92. The van der Waals surface area contributed by atoms with Crippen LogP contribution in [0, 0.1) is 13.8 Å². The van der Waals surface area contributed by atoms with Crippen molar-refractivity contribution in [3.63, 3.8) is 0 Å². The van der Waals surface area contributed by atoms with Crippen LogP contribution < -0.4 is 5.32 Å². The number of rotatable bonds is 3. The van der Waals surface area contributed by atoms with Gasteiger partial charge in [-0.15, -0.1) is 0 Å². The summed E-state index contributed by atoms with van der Waals surface area (Å²) < 4.78 is 0. The average molecular weight is 239 g/mol. The first kappa shape index (κ1) is 12.4. The van der Waals surface area contributed by atoms with Gasteiger partial charge < -0.3 is 5.32 Å². The maximum absolute atomic E-state index is 11.9. The lowest BCUT2D eigenvalue weighted by Crippen LogP contribution is -2.14. The second-order valence-corrected chi connectivity index (χ2v) is 4.52. The molecule has 0 saturated heterocycles. The van der Waals surface area contributed by atoms with Gasteiger partial charge in [0.05, 0.1) is 6.42 Å². The summed E-state index contributed by atoms with van der Waals surface area (Å²) in [5, 5.41) is 2.89. The largest absolute Gasteiger partial charge is 0.326 e. The summed E-state index contributed by atoms with van der Waals surface area (Å²) in [4.78, 5) is 11.9. The first-order valence-electron chi connectivity index (χ1n) is 6.06. The van der Waals surface area contributed by atoms with E-state index in [0.29, 0.717) is 6.42 Å². The summed E-state index contributed by atoms with van der Waals surface area (Å²) in [6.45, 7) is 4.10. The van der Waals surface area contributed by atoms with E-state index in [2.05, 4.69) is 18.3 Å². The Hall–Kier alpha value is -2.09. The summed E-state index contributed by atoms with van der Waals surface area (Å²) >= 11 is 0. The van der Waals surface area contributed by atoms with Gasteiger partial charge in [-0.3, -0.25) is 4.79 Å². The Morgan fingerprint density at radius 1 is 1.06 bits per heavy atom. The number of carbonyl (C=O) groups is 1. The molecule has 2 heteroatoms. The molecule has 0 atom stereocenters. The van der Waals surface area contributed by atoms with Crippen molar-refractivity contribution in [2.45, 2.75) is 20.3 Å². The fourth-order valence-electron chi connectivity index (χ4n) is 1.94. The van der Waals surface area contributed by atoms with Crippen LogP contribution in [-0.2, 0) is 11.2 Å². The SMILES string of the molecule is Cc1ccc(CC(=O)Nc2ccccc2)c(C)c1. The van der Waals surface area contributed by atoms with Crippen LogP contribution in [0.4, 0.5) is 5.69 Å². The molecule has 1 amide bonds. The van der Waals surface area contributed by atoms with Crippen molar-refractivity contribution >= 4 is 11.6 Å². The van der Waals surface area contributed by atoms with Crippen LogP contribution in [0.2, 0.25) is 0 Å². The molecule has 18 heavy (non-hydrogen) atoms. The molecule has 2 aromatic carbocycles. The number of hydrogen-bond acceptors (Lipinski definition) is 1. The van der Waals surface area contributed by atoms with E-state index in [1.54, 1.807) is 0 Å². The molecule has 0 aliphatic heterocycles. The maximum atomic E-state index is 11.9. The summed E-state index contributed by atoms with van der Waals surface area (Å²) in [5.74, 6) is 0.0214. The second kappa shape index (κ2) is 5.50. The highest BCUT2D eigenvalue weighted by Gasteiger charge is 2.06. The number of benzene rings is 2. The lowest BCUT2D eigenvalue weighted by molar-refractivity contribution is -0.115. The van der Waals surface area contributed by atoms with Crippen LogP contribution in [0.15, 0.2) is 48.5 Å². The van der Waals surface area contributed by atoms with Crippen molar-refractivity contribution < 1.29 is 4.79 Å². The molecular weight excluding hydrogens is 222 g/mol. The molecule has 0 saturated carbocycles. The van der Waals surface area contributed by atoms with E-state index in [4.69, 9.17) is 0 Å². The summed E-state index contributed by atoms with van der Waals surface area (Å²) in [7, 11) is 0. The molecule has 2 rings (SSSR count). The predicted octanol–water partition coefficient (Wildman–Crippen LogP) is 3.48. The van der Waals surface area contributed by atoms with Gasteiger partial charge in [-0.25, -0.2) is 0 Å². The molecule has 0 aromatic heterocycles. The zero-order valence-corrected chi connectivity index (χ0v) is 10.7. The molecule has 2 nitrogen and oxygen atoms in total. The van der Waals surface area contributed by atoms with Gasteiger partial charge in [-0.05, 0) is 37.1 Å². The van der Waals surface area contributed by atoms with Crippen molar-refractivity contribution in [1.82, 2.24) is 0 Å². The van der Waals surface area contributed by atoms with Gasteiger partial charge >= 0.3 is 0 Å². The van der Waals surface area contributed by atoms with Crippen molar-refractivity contribution in [2.75, 3.05) is 5.32 Å². The van der Waals surface area contributed by atoms with E-state index < -0.39 is 0 Å². The van der Waals surface area contributed by atoms with Crippen LogP contribution in [0.1, 0.15) is 16.7 Å². The molecule has 0 aliphatic rings. The van der Waals surface area contributed by atoms with Crippen molar-refractivity contribution in [2.24, 2.45) is 0 Å². The molecule has 0 radical (unpaired) electrons. The van der Waals surface area contributed by atoms with Gasteiger partial charge in [0.2, 0.25) is 5.91 Å². The third kappa shape index (κ3) is 3.20. The number of para-hydroxylation sites is 1. The van der Waals surface area contributed by atoms with Crippen molar-refractivity contribution in [1.29, 1.82) is 0 Å².